The van der Waals surface area contributed by atoms with E-state index in [9.17, 15) is 18.1 Å². The highest BCUT2D eigenvalue weighted by molar-refractivity contribution is 7.90. The summed E-state index contributed by atoms with van der Waals surface area (Å²) in [6.45, 7) is 3.63. The maximum atomic E-state index is 14.7. The highest BCUT2D eigenvalue weighted by Crippen LogP contribution is 2.27. The van der Waals surface area contributed by atoms with Crippen LogP contribution in [0, 0.1) is 11.6 Å². The number of halogens is 2. The number of rotatable bonds is 9. The van der Waals surface area contributed by atoms with Gasteiger partial charge in [0.05, 0.1) is 54.0 Å². The first-order valence-corrected chi connectivity index (χ1v) is 15.1. The minimum Gasteiger partial charge on any atom is -0.617 e. The van der Waals surface area contributed by atoms with Gasteiger partial charge < -0.3 is 24.9 Å². The van der Waals surface area contributed by atoms with E-state index in [4.69, 9.17) is 10.2 Å². The molecule has 1 fully saturated rings. The predicted octanol–water partition coefficient (Wildman–Crippen LogP) is 2.13. The number of piperazine rings is 1. The number of nitrogens with two attached hydrogens (primary N) is 1. The second-order valence-electron chi connectivity index (χ2n) is 10.0. The van der Waals surface area contributed by atoms with E-state index >= 15 is 0 Å². The summed E-state index contributed by atoms with van der Waals surface area (Å²) in [6.07, 6.45) is 4.85. The average molecular weight is 598 g/mol. The van der Waals surface area contributed by atoms with Crippen molar-refractivity contribution in [1.29, 1.82) is 0 Å². The van der Waals surface area contributed by atoms with Crippen molar-refractivity contribution in [3.05, 3.63) is 60.0 Å². The van der Waals surface area contributed by atoms with Crippen LogP contribution in [0.15, 0.2) is 47.2 Å². The van der Waals surface area contributed by atoms with Crippen LogP contribution in [0.4, 0.5) is 20.4 Å². The molecule has 1 unspecified atom stereocenters. The molecule has 220 valence electrons. The van der Waals surface area contributed by atoms with Gasteiger partial charge in [-0.25, -0.2) is 13.5 Å². The molecule has 1 saturated heterocycles. The van der Waals surface area contributed by atoms with Crippen LogP contribution < -0.4 is 16.0 Å². The monoisotopic (exact) mass is 597 g/mol. The maximum Gasteiger partial charge on any atom is 0.254 e. The van der Waals surface area contributed by atoms with Crippen molar-refractivity contribution in [2.24, 2.45) is 0 Å². The summed E-state index contributed by atoms with van der Waals surface area (Å²) in [5, 5.41) is 12.4. The van der Waals surface area contributed by atoms with Gasteiger partial charge in [-0.15, -0.1) is 0 Å². The normalized spacial score (nSPS) is 15.1. The SMILES string of the molecule is C[S+]([O-])CCNC(=O)c1cc(N2CCN(CCn3ncc4c3nc(N)n3nc(-c5ccco5)cc43)CC2)c(F)cc1F. The molecule has 15 heteroatoms. The zero-order chi connectivity index (χ0) is 29.4. The van der Waals surface area contributed by atoms with Gasteiger partial charge in [-0.2, -0.15) is 19.7 Å². The number of hydrogen-bond donors (Lipinski definition) is 2. The van der Waals surface area contributed by atoms with Crippen molar-refractivity contribution in [2.45, 2.75) is 6.54 Å². The number of benzene rings is 1. The van der Waals surface area contributed by atoms with Crippen molar-refractivity contribution < 1.29 is 22.5 Å². The largest absolute Gasteiger partial charge is 0.617 e. The van der Waals surface area contributed by atoms with Crippen LogP contribution in [-0.2, 0) is 17.7 Å². The molecule has 0 radical (unpaired) electrons. The first-order chi connectivity index (χ1) is 20.3. The lowest BCUT2D eigenvalue weighted by Crippen LogP contribution is -2.47. The molecule has 1 aromatic carbocycles. The third-order valence-electron chi connectivity index (χ3n) is 7.31. The Morgan fingerprint density at radius 3 is 2.71 bits per heavy atom. The van der Waals surface area contributed by atoms with E-state index < -0.39 is 28.7 Å². The van der Waals surface area contributed by atoms with Crippen molar-refractivity contribution in [3.8, 4) is 11.5 Å². The molecular formula is C27H29F2N9O3S. The van der Waals surface area contributed by atoms with E-state index in [0.717, 1.165) is 17.0 Å². The van der Waals surface area contributed by atoms with Gasteiger partial charge in [0.15, 0.2) is 11.4 Å². The molecule has 0 saturated carbocycles. The fraction of sp³-hybridized carbons (Fsp3) is 0.333. The number of hydrogen-bond acceptors (Lipinski definition) is 9. The summed E-state index contributed by atoms with van der Waals surface area (Å²) >= 11 is -1.09. The molecule has 5 heterocycles. The van der Waals surface area contributed by atoms with E-state index in [0.29, 0.717) is 56.4 Å². The van der Waals surface area contributed by atoms with Crippen LogP contribution >= 0.6 is 0 Å². The molecule has 1 aliphatic rings. The molecule has 3 N–H and O–H groups in total. The first-order valence-electron chi connectivity index (χ1n) is 13.4. The second kappa shape index (κ2) is 11.6. The Bertz CT molecular complexity index is 1730. The number of carbonyl (C=O) groups excluding carboxylic acids is 1. The van der Waals surface area contributed by atoms with Crippen LogP contribution in [-0.4, -0.2) is 91.0 Å². The number of carbonyl (C=O) groups is 1. The van der Waals surface area contributed by atoms with Crippen LogP contribution in [0.1, 0.15) is 10.4 Å². The Kier molecular flexibility index (Phi) is 7.70. The molecular weight excluding hydrogens is 568 g/mol. The number of amides is 1. The summed E-state index contributed by atoms with van der Waals surface area (Å²) in [5.74, 6) is -1.20. The molecule has 12 nitrogen and oxygen atoms in total. The smallest absolute Gasteiger partial charge is 0.254 e. The molecule has 1 amide bonds. The Morgan fingerprint density at radius 1 is 1.17 bits per heavy atom. The number of anilines is 2. The van der Waals surface area contributed by atoms with Gasteiger partial charge >= 0.3 is 0 Å². The molecule has 0 spiro atoms. The zero-order valence-electron chi connectivity index (χ0n) is 22.8. The summed E-state index contributed by atoms with van der Waals surface area (Å²) in [6, 6.07) is 7.50. The summed E-state index contributed by atoms with van der Waals surface area (Å²) in [4.78, 5) is 21.0. The molecule has 5 aromatic rings. The predicted molar refractivity (Wildman–Crippen MR) is 155 cm³/mol. The second-order valence-corrected chi connectivity index (χ2v) is 11.6. The van der Waals surface area contributed by atoms with Crippen LogP contribution in [0.3, 0.4) is 0 Å². The van der Waals surface area contributed by atoms with Crippen LogP contribution in [0.25, 0.3) is 28.0 Å². The number of nitrogens with zero attached hydrogens (tertiary/aromatic N) is 7. The lowest BCUT2D eigenvalue weighted by atomic mass is 10.1. The van der Waals surface area contributed by atoms with Gasteiger partial charge in [-0.05, 0) is 24.3 Å². The standard InChI is InChI=1S/C27H29F2N9O3S/c1-42(40)12-4-31-26(39)17-13-23(20(29)14-19(17)28)36-8-5-35(6-9-36)7-10-37-25-18(16-32-37)22-15-21(24-3-2-11-41-24)34-38(22)27(30)33-25/h2-3,11,13-16H,4-10,12H2,1H3,(H2,30,33)(H,31,39). The number of nitrogen functional groups attached to an aromatic ring is 1. The Morgan fingerprint density at radius 2 is 1.98 bits per heavy atom. The quantitative estimate of drug-likeness (QED) is 0.244. The number of aromatic nitrogens is 5. The minimum absolute atomic E-state index is 0.139. The average Bonchev–Trinajstić information content (AvgIpc) is 3.72. The first kappa shape index (κ1) is 27.9. The van der Waals surface area contributed by atoms with Crippen LogP contribution in [0.5, 0.6) is 0 Å². The molecule has 1 aliphatic heterocycles. The molecule has 4 aromatic heterocycles. The lowest BCUT2D eigenvalue weighted by Gasteiger charge is -2.36. The summed E-state index contributed by atoms with van der Waals surface area (Å²) in [5.41, 5.74) is 8.23. The highest BCUT2D eigenvalue weighted by atomic mass is 32.2. The number of furan rings is 1. The fourth-order valence-corrected chi connectivity index (χ4v) is 5.48. The van der Waals surface area contributed by atoms with E-state index in [1.807, 2.05) is 17.0 Å². The van der Waals surface area contributed by atoms with Crippen molar-refractivity contribution >= 4 is 45.3 Å². The molecule has 42 heavy (non-hydrogen) atoms. The van der Waals surface area contributed by atoms with Gasteiger partial charge in [-0.1, -0.05) is 11.2 Å². The van der Waals surface area contributed by atoms with E-state index in [1.165, 1.54) is 12.3 Å². The maximum absolute atomic E-state index is 14.7. The van der Waals surface area contributed by atoms with Gasteiger partial charge in [0.2, 0.25) is 5.95 Å². The highest BCUT2D eigenvalue weighted by Gasteiger charge is 2.24. The Hall–Kier alpha value is -4.21. The van der Waals surface area contributed by atoms with E-state index in [-0.39, 0.29) is 29.5 Å². The summed E-state index contributed by atoms with van der Waals surface area (Å²) < 4.78 is 49.2. The van der Waals surface area contributed by atoms with Gasteiger partial charge in [0.1, 0.15) is 23.1 Å². The zero-order valence-corrected chi connectivity index (χ0v) is 23.6. The van der Waals surface area contributed by atoms with E-state index in [2.05, 4.69) is 25.4 Å². The molecule has 0 bridgehead atoms. The summed E-state index contributed by atoms with van der Waals surface area (Å²) in [7, 11) is 0. The number of fused-ring (bicyclic) bond motifs is 3. The topological polar surface area (TPSA) is 146 Å². The van der Waals surface area contributed by atoms with Gasteiger partial charge in [0, 0.05) is 38.8 Å². The Balaban J connectivity index is 1.10. The van der Waals surface area contributed by atoms with Gasteiger partial charge in [0.25, 0.3) is 5.91 Å². The third kappa shape index (κ3) is 5.49. The van der Waals surface area contributed by atoms with Crippen LogP contribution in [0.2, 0.25) is 0 Å². The van der Waals surface area contributed by atoms with Crippen molar-refractivity contribution in [3.63, 3.8) is 0 Å². The number of nitrogens with one attached hydrogen (secondary N) is 1. The third-order valence-corrected chi connectivity index (χ3v) is 8.08. The fourth-order valence-electron chi connectivity index (χ4n) is 5.10. The van der Waals surface area contributed by atoms with Crippen molar-refractivity contribution in [1.82, 2.24) is 34.6 Å². The molecule has 6 rings (SSSR count). The lowest BCUT2D eigenvalue weighted by molar-refractivity contribution is 0.0952. The van der Waals surface area contributed by atoms with Crippen molar-refractivity contribution in [2.75, 3.05) is 61.9 Å². The molecule has 0 aliphatic carbocycles. The Labute approximate surface area is 242 Å². The van der Waals surface area contributed by atoms with Gasteiger partial charge in [-0.3, -0.25) is 9.69 Å². The van der Waals surface area contributed by atoms with E-state index in [1.54, 1.807) is 27.7 Å². The molecule has 1 atom stereocenters. The minimum atomic E-state index is -1.09.